The first kappa shape index (κ1) is 13.2. The molecule has 1 rings (SSSR count). The predicted octanol–water partition coefficient (Wildman–Crippen LogP) is 0.268. The maximum absolute atomic E-state index is 11.1. The minimum atomic E-state index is -3.09. The van der Waals surface area contributed by atoms with Gasteiger partial charge in [0.05, 0.1) is 5.75 Å². The zero-order valence-corrected chi connectivity index (χ0v) is 10.1. The molecular weight excluding hydrogens is 226 g/mol. The molecule has 0 aromatic heterocycles. The predicted molar refractivity (Wildman–Crippen MR) is 63.7 cm³/mol. The number of aliphatic hydroxyl groups is 1. The highest BCUT2D eigenvalue weighted by Crippen LogP contribution is 2.24. The highest BCUT2D eigenvalue weighted by atomic mass is 32.2. The van der Waals surface area contributed by atoms with Crippen LogP contribution < -0.4 is 5.73 Å². The summed E-state index contributed by atoms with van der Waals surface area (Å²) in [6, 6.07) is 8.90. The average Bonchev–Trinajstić information content (AvgIpc) is 2.26. The number of rotatable bonds is 5. The van der Waals surface area contributed by atoms with Gasteiger partial charge in [-0.15, -0.1) is 0 Å². The Labute approximate surface area is 96.0 Å². The van der Waals surface area contributed by atoms with Crippen molar-refractivity contribution in [2.75, 3.05) is 18.6 Å². The van der Waals surface area contributed by atoms with Gasteiger partial charge in [-0.2, -0.15) is 0 Å². The molecule has 90 valence electrons. The minimum Gasteiger partial charge on any atom is -0.384 e. The van der Waals surface area contributed by atoms with Crippen molar-refractivity contribution in [3.8, 4) is 0 Å². The first-order valence-electron chi connectivity index (χ1n) is 5.03. The molecule has 1 atom stereocenters. The normalized spacial score (nSPS) is 15.7. The fourth-order valence-corrected chi connectivity index (χ4v) is 2.18. The lowest BCUT2D eigenvalue weighted by Gasteiger charge is -2.26. The van der Waals surface area contributed by atoms with Crippen LogP contribution in [0.5, 0.6) is 0 Å². The molecule has 5 heteroatoms. The summed E-state index contributed by atoms with van der Waals surface area (Å²) in [5, 5.41) is 10.3. The van der Waals surface area contributed by atoms with Crippen LogP contribution in [0.2, 0.25) is 0 Å². The fourth-order valence-electron chi connectivity index (χ4n) is 1.47. The maximum atomic E-state index is 11.1. The third-order valence-electron chi connectivity index (χ3n) is 2.54. The molecule has 1 unspecified atom stereocenters. The van der Waals surface area contributed by atoms with Gasteiger partial charge in [0.1, 0.15) is 15.4 Å². The second-order valence-corrected chi connectivity index (χ2v) is 6.24. The Morgan fingerprint density at radius 3 is 2.31 bits per heavy atom. The van der Waals surface area contributed by atoms with Crippen LogP contribution in [0.4, 0.5) is 0 Å². The number of sulfone groups is 1. The molecule has 3 N–H and O–H groups in total. The minimum absolute atomic E-state index is 0.00648. The number of benzene rings is 1. The van der Waals surface area contributed by atoms with Gasteiger partial charge in [0.25, 0.3) is 0 Å². The molecule has 0 amide bonds. The summed E-state index contributed by atoms with van der Waals surface area (Å²) in [7, 11) is -3.09. The van der Waals surface area contributed by atoms with E-state index >= 15 is 0 Å². The van der Waals surface area contributed by atoms with Gasteiger partial charge >= 0.3 is 0 Å². The van der Waals surface area contributed by atoms with E-state index in [1.807, 2.05) is 6.07 Å². The van der Waals surface area contributed by atoms with Gasteiger partial charge in [-0.25, -0.2) is 8.42 Å². The van der Waals surface area contributed by atoms with Crippen LogP contribution in [0.3, 0.4) is 0 Å². The van der Waals surface area contributed by atoms with Crippen LogP contribution in [0, 0.1) is 0 Å². The lowest BCUT2D eigenvalue weighted by molar-refractivity contribution is 0.0427. The zero-order valence-electron chi connectivity index (χ0n) is 9.26. The standard InChI is InChI=1S/C11H17NO3S/c1-16(14,15)8-7-11(13,9-12)10-5-3-2-4-6-10/h2-6,13H,7-9,12H2,1H3. The van der Waals surface area contributed by atoms with Crippen LogP contribution in [-0.2, 0) is 15.4 Å². The molecule has 4 nitrogen and oxygen atoms in total. The van der Waals surface area contributed by atoms with E-state index in [0.717, 1.165) is 6.26 Å². The van der Waals surface area contributed by atoms with E-state index in [0.29, 0.717) is 5.56 Å². The van der Waals surface area contributed by atoms with Gasteiger partial charge in [-0.1, -0.05) is 30.3 Å². The van der Waals surface area contributed by atoms with Gasteiger partial charge in [0.2, 0.25) is 0 Å². The van der Waals surface area contributed by atoms with E-state index in [1.165, 1.54) is 0 Å². The Kier molecular flexibility index (Phi) is 4.07. The zero-order chi connectivity index (χ0) is 12.2. The Bertz CT molecular complexity index is 430. The van der Waals surface area contributed by atoms with E-state index < -0.39 is 15.4 Å². The summed E-state index contributed by atoms with van der Waals surface area (Å²) in [5.74, 6) is -0.0738. The Morgan fingerprint density at radius 1 is 1.31 bits per heavy atom. The van der Waals surface area contributed by atoms with Crippen molar-refractivity contribution in [2.45, 2.75) is 12.0 Å². The summed E-state index contributed by atoms with van der Waals surface area (Å²) < 4.78 is 22.1. The molecule has 0 bridgehead atoms. The fraction of sp³-hybridized carbons (Fsp3) is 0.455. The van der Waals surface area contributed by atoms with Gasteiger partial charge in [-0.05, 0) is 12.0 Å². The third kappa shape index (κ3) is 3.59. The molecular formula is C11H17NO3S. The molecule has 0 heterocycles. The quantitative estimate of drug-likeness (QED) is 0.777. The van der Waals surface area contributed by atoms with Crippen molar-refractivity contribution in [1.29, 1.82) is 0 Å². The highest BCUT2D eigenvalue weighted by molar-refractivity contribution is 7.90. The maximum Gasteiger partial charge on any atom is 0.147 e. The number of nitrogens with two attached hydrogens (primary N) is 1. The van der Waals surface area contributed by atoms with Crippen LogP contribution in [0.15, 0.2) is 30.3 Å². The van der Waals surface area contributed by atoms with Crippen molar-refractivity contribution < 1.29 is 13.5 Å². The Morgan fingerprint density at radius 2 is 1.88 bits per heavy atom. The summed E-state index contributed by atoms with van der Waals surface area (Å²) >= 11 is 0. The molecule has 0 saturated carbocycles. The van der Waals surface area contributed by atoms with Gasteiger partial charge < -0.3 is 10.8 Å². The van der Waals surface area contributed by atoms with Crippen molar-refractivity contribution in [3.05, 3.63) is 35.9 Å². The van der Waals surface area contributed by atoms with Crippen LogP contribution >= 0.6 is 0 Å². The van der Waals surface area contributed by atoms with Crippen molar-refractivity contribution in [2.24, 2.45) is 5.73 Å². The SMILES string of the molecule is CS(=O)(=O)CCC(O)(CN)c1ccccc1. The molecule has 16 heavy (non-hydrogen) atoms. The number of hydrogen-bond acceptors (Lipinski definition) is 4. The van der Waals surface area contributed by atoms with E-state index in [4.69, 9.17) is 5.73 Å². The van der Waals surface area contributed by atoms with Gasteiger partial charge in [-0.3, -0.25) is 0 Å². The van der Waals surface area contributed by atoms with Crippen molar-refractivity contribution in [3.63, 3.8) is 0 Å². The third-order valence-corrected chi connectivity index (χ3v) is 3.48. The molecule has 1 aromatic carbocycles. The lowest BCUT2D eigenvalue weighted by atomic mass is 9.91. The van der Waals surface area contributed by atoms with E-state index in [9.17, 15) is 13.5 Å². The summed E-state index contributed by atoms with van der Waals surface area (Å²) in [5.41, 5.74) is 4.92. The first-order chi connectivity index (χ1) is 7.37. The second kappa shape index (κ2) is 4.95. The highest BCUT2D eigenvalue weighted by Gasteiger charge is 2.28. The van der Waals surface area contributed by atoms with Crippen LogP contribution in [0.1, 0.15) is 12.0 Å². The van der Waals surface area contributed by atoms with Crippen molar-refractivity contribution >= 4 is 9.84 Å². The molecule has 0 aliphatic rings. The van der Waals surface area contributed by atoms with Gasteiger partial charge in [0.15, 0.2) is 0 Å². The molecule has 0 saturated heterocycles. The summed E-state index contributed by atoms with van der Waals surface area (Å²) in [6.45, 7) is 0.00648. The Balaban J connectivity index is 2.87. The number of hydrogen-bond donors (Lipinski definition) is 2. The van der Waals surface area contributed by atoms with Crippen LogP contribution in [0.25, 0.3) is 0 Å². The van der Waals surface area contributed by atoms with Crippen molar-refractivity contribution in [1.82, 2.24) is 0 Å². The van der Waals surface area contributed by atoms with E-state index in [-0.39, 0.29) is 18.7 Å². The smallest absolute Gasteiger partial charge is 0.147 e. The molecule has 0 aliphatic carbocycles. The first-order valence-corrected chi connectivity index (χ1v) is 7.09. The van der Waals surface area contributed by atoms with Crippen LogP contribution in [-0.4, -0.2) is 32.1 Å². The average molecular weight is 243 g/mol. The lowest BCUT2D eigenvalue weighted by Crippen LogP contribution is -2.36. The molecule has 0 radical (unpaired) electrons. The molecule has 0 aliphatic heterocycles. The molecule has 1 aromatic rings. The Hall–Kier alpha value is -0.910. The van der Waals surface area contributed by atoms with E-state index in [1.54, 1.807) is 24.3 Å². The summed E-state index contributed by atoms with van der Waals surface area (Å²) in [4.78, 5) is 0. The van der Waals surface area contributed by atoms with Gasteiger partial charge in [0, 0.05) is 12.8 Å². The summed E-state index contributed by atoms with van der Waals surface area (Å²) in [6.07, 6.45) is 1.27. The second-order valence-electron chi connectivity index (χ2n) is 3.98. The topological polar surface area (TPSA) is 80.4 Å². The molecule has 0 spiro atoms. The van der Waals surface area contributed by atoms with E-state index in [2.05, 4.69) is 0 Å². The largest absolute Gasteiger partial charge is 0.384 e. The monoisotopic (exact) mass is 243 g/mol. The molecule has 0 fully saturated rings.